The van der Waals surface area contributed by atoms with E-state index < -0.39 is 0 Å². The number of amides is 1. The van der Waals surface area contributed by atoms with Gasteiger partial charge in [0.05, 0.1) is 23.9 Å². The summed E-state index contributed by atoms with van der Waals surface area (Å²) >= 11 is 1.56. The number of nitrogens with zero attached hydrogens (tertiary/aromatic N) is 1. The number of carbonyl (C=O) groups excluding carboxylic acids is 1. The van der Waals surface area contributed by atoms with Gasteiger partial charge in [-0.3, -0.25) is 4.79 Å². The molecular formula is C12H19N3O2S. The number of carbonyl (C=O) groups is 1. The fourth-order valence-corrected chi connectivity index (χ4v) is 2.60. The third kappa shape index (κ3) is 4.04. The molecule has 1 aliphatic rings. The van der Waals surface area contributed by atoms with Gasteiger partial charge in [-0.1, -0.05) is 0 Å². The maximum Gasteiger partial charge on any atom is 0.246 e. The van der Waals surface area contributed by atoms with E-state index in [2.05, 4.69) is 15.6 Å². The minimum Gasteiger partial charge on any atom is -0.368 e. The molecule has 0 saturated carbocycles. The third-order valence-electron chi connectivity index (χ3n) is 3.03. The smallest absolute Gasteiger partial charge is 0.246 e. The van der Waals surface area contributed by atoms with Crippen molar-refractivity contribution in [3.63, 3.8) is 0 Å². The molecule has 0 bridgehead atoms. The number of hydrogen-bond acceptors (Lipinski definition) is 5. The predicted molar refractivity (Wildman–Crippen MR) is 70.5 cm³/mol. The van der Waals surface area contributed by atoms with Crippen molar-refractivity contribution in [3.8, 4) is 0 Å². The second kappa shape index (κ2) is 6.82. The van der Waals surface area contributed by atoms with Crippen molar-refractivity contribution in [3.05, 3.63) is 16.1 Å². The number of rotatable bonds is 5. The summed E-state index contributed by atoms with van der Waals surface area (Å²) in [6, 6.07) is 0. The van der Waals surface area contributed by atoms with Gasteiger partial charge < -0.3 is 15.4 Å². The molecule has 1 fully saturated rings. The van der Waals surface area contributed by atoms with Gasteiger partial charge in [0.25, 0.3) is 0 Å². The zero-order valence-corrected chi connectivity index (χ0v) is 11.4. The van der Waals surface area contributed by atoms with Crippen LogP contribution in [0.25, 0.3) is 0 Å². The molecule has 2 heterocycles. The summed E-state index contributed by atoms with van der Waals surface area (Å²) in [6.45, 7) is 4.61. The van der Waals surface area contributed by atoms with E-state index in [-0.39, 0.29) is 18.6 Å². The molecule has 100 valence electrons. The largest absolute Gasteiger partial charge is 0.368 e. The normalized spacial score (nSPS) is 16.7. The van der Waals surface area contributed by atoms with Crippen molar-refractivity contribution in [2.24, 2.45) is 0 Å². The van der Waals surface area contributed by atoms with E-state index in [4.69, 9.17) is 4.74 Å². The van der Waals surface area contributed by atoms with Crippen LogP contribution in [-0.2, 0) is 16.1 Å². The summed E-state index contributed by atoms with van der Waals surface area (Å²) in [7, 11) is 0. The zero-order valence-electron chi connectivity index (χ0n) is 10.6. The van der Waals surface area contributed by atoms with E-state index in [0.717, 1.165) is 36.5 Å². The first kappa shape index (κ1) is 13.5. The van der Waals surface area contributed by atoms with Crippen molar-refractivity contribution < 1.29 is 9.53 Å². The summed E-state index contributed by atoms with van der Waals surface area (Å²) in [5, 5.41) is 6.12. The summed E-state index contributed by atoms with van der Waals surface area (Å²) in [5.74, 6) is -0.0543. The highest BCUT2D eigenvalue weighted by molar-refractivity contribution is 7.09. The topological polar surface area (TPSA) is 63.2 Å². The number of piperidine rings is 1. The molecule has 0 spiro atoms. The predicted octanol–water partition coefficient (Wildman–Crippen LogP) is 0.836. The van der Waals surface area contributed by atoms with Crippen LogP contribution in [0.15, 0.2) is 5.51 Å². The molecule has 1 aliphatic heterocycles. The summed E-state index contributed by atoms with van der Waals surface area (Å²) < 4.78 is 5.58. The molecule has 0 atom stereocenters. The van der Waals surface area contributed by atoms with Gasteiger partial charge in [0, 0.05) is 4.88 Å². The van der Waals surface area contributed by atoms with Crippen LogP contribution in [0, 0.1) is 6.92 Å². The number of aryl methyl sites for hydroxylation is 1. The molecule has 1 aromatic rings. The highest BCUT2D eigenvalue weighted by Crippen LogP contribution is 2.11. The molecule has 6 heteroatoms. The number of aromatic nitrogens is 1. The highest BCUT2D eigenvalue weighted by atomic mass is 32.1. The Bertz CT molecular complexity index is 388. The van der Waals surface area contributed by atoms with Crippen LogP contribution >= 0.6 is 11.3 Å². The Morgan fingerprint density at radius 2 is 2.39 bits per heavy atom. The fraction of sp³-hybridized carbons (Fsp3) is 0.667. The van der Waals surface area contributed by atoms with Crippen molar-refractivity contribution in [1.29, 1.82) is 0 Å². The molecule has 1 saturated heterocycles. The van der Waals surface area contributed by atoms with E-state index in [1.807, 2.05) is 6.92 Å². The molecule has 1 aromatic heterocycles. The number of thiazole rings is 1. The molecule has 0 aliphatic carbocycles. The van der Waals surface area contributed by atoms with Crippen LogP contribution in [0.3, 0.4) is 0 Å². The second-order valence-electron chi connectivity index (χ2n) is 4.40. The first-order valence-electron chi connectivity index (χ1n) is 6.23. The van der Waals surface area contributed by atoms with Gasteiger partial charge in [-0.2, -0.15) is 0 Å². The number of nitrogens with one attached hydrogen (secondary N) is 2. The highest BCUT2D eigenvalue weighted by Gasteiger charge is 2.14. The lowest BCUT2D eigenvalue weighted by Gasteiger charge is -2.22. The van der Waals surface area contributed by atoms with Crippen LogP contribution in [0.2, 0.25) is 0 Å². The monoisotopic (exact) mass is 269 g/mol. The Morgan fingerprint density at radius 1 is 1.61 bits per heavy atom. The fourth-order valence-electron chi connectivity index (χ4n) is 1.88. The summed E-state index contributed by atoms with van der Waals surface area (Å²) in [4.78, 5) is 16.9. The average molecular weight is 269 g/mol. The van der Waals surface area contributed by atoms with Gasteiger partial charge in [0.2, 0.25) is 5.91 Å². The van der Waals surface area contributed by atoms with E-state index in [9.17, 15) is 4.79 Å². The Labute approximate surface area is 111 Å². The number of ether oxygens (including phenoxy) is 1. The molecule has 2 N–H and O–H groups in total. The molecule has 0 unspecified atom stereocenters. The first-order chi connectivity index (χ1) is 8.75. The Hall–Kier alpha value is -0.980. The standard InChI is InChI=1S/C12H19N3O2S/c1-9-11(18-8-15-9)6-14-12(16)7-17-10-2-4-13-5-3-10/h8,10,13H,2-7H2,1H3,(H,14,16). The van der Waals surface area contributed by atoms with Crippen LogP contribution in [0.5, 0.6) is 0 Å². The molecular weight excluding hydrogens is 250 g/mol. The molecule has 18 heavy (non-hydrogen) atoms. The lowest BCUT2D eigenvalue weighted by atomic mass is 10.1. The van der Waals surface area contributed by atoms with Crippen molar-refractivity contribution in [2.45, 2.75) is 32.4 Å². The van der Waals surface area contributed by atoms with E-state index in [0.29, 0.717) is 6.54 Å². The van der Waals surface area contributed by atoms with E-state index in [1.54, 1.807) is 16.8 Å². The quantitative estimate of drug-likeness (QED) is 0.831. The van der Waals surface area contributed by atoms with Crippen LogP contribution in [-0.4, -0.2) is 36.7 Å². The average Bonchev–Trinajstić information content (AvgIpc) is 2.81. The zero-order chi connectivity index (χ0) is 12.8. The van der Waals surface area contributed by atoms with Gasteiger partial charge in [0.15, 0.2) is 0 Å². The minimum atomic E-state index is -0.0543. The summed E-state index contributed by atoms with van der Waals surface area (Å²) in [6.07, 6.45) is 2.20. The van der Waals surface area contributed by atoms with E-state index in [1.165, 1.54) is 0 Å². The summed E-state index contributed by atoms with van der Waals surface area (Å²) in [5.41, 5.74) is 2.78. The molecule has 5 nitrogen and oxygen atoms in total. The Kier molecular flexibility index (Phi) is 5.10. The maximum absolute atomic E-state index is 11.6. The second-order valence-corrected chi connectivity index (χ2v) is 5.34. The van der Waals surface area contributed by atoms with Crippen LogP contribution < -0.4 is 10.6 Å². The van der Waals surface area contributed by atoms with Gasteiger partial charge in [-0.15, -0.1) is 11.3 Å². The molecule has 0 radical (unpaired) electrons. The molecule has 1 amide bonds. The maximum atomic E-state index is 11.6. The van der Waals surface area contributed by atoms with E-state index >= 15 is 0 Å². The van der Waals surface area contributed by atoms with Gasteiger partial charge in [-0.05, 0) is 32.9 Å². The minimum absolute atomic E-state index is 0.0543. The van der Waals surface area contributed by atoms with Crippen LogP contribution in [0.4, 0.5) is 0 Å². The number of hydrogen-bond donors (Lipinski definition) is 2. The third-order valence-corrected chi connectivity index (χ3v) is 3.96. The van der Waals surface area contributed by atoms with Crippen molar-refractivity contribution >= 4 is 17.2 Å². The lowest BCUT2D eigenvalue weighted by Crippen LogP contribution is -2.35. The Morgan fingerprint density at radius 3 is 3.06 bits per heavy atom. The Balaban J connectivity index is 1.64. The van der Waals surface area contributed by atoms with Crippen molar-refractivity contribution in [2.75, 3.05) is 19.7 Å². The SMILES string of the molecule is Cc1ncsc1CNC(=O)COC1CCNCC1. The first-order valence-corrected chi connectivity index (χ1v) is 7.11. The van der Waals surface area contributed by atoms with Gasteiger partial charge >= 0.3 is 0 Å². The van der Waals surface area contributed by atoms with Gasteiger partial charge in [-0.25, -0.2) is 4.98 Å². The van der Waals surface area contributed by atoms with Crippen LogP contribution in [0.1, 0.15) is 23.4 Å². The molecule has 0 aromatic carbocycles. The van der Waals surface area contributed by atoms with Crippen molar-refractivity contribution in [1.82, 2.24) is 15.6 Å². The van der Waals surface area contributed by atoms with Gasteiger partial charge in [0.1, 0.15) is 6.61 Å². The lowest BCUT2D eigenvalue weighted by molar-refractivity contribution is -0.128. The molecule has 2 rings (SSSR count).